The molecule has 2 aromatic rings. The molecule has 0 aliphatic heterocycles. The van der Waals surface area contributed by atoms with E-state index in [9.17, 15) is 9.59 Å². The predicted molar refractivity (Wildman–Crippen MR) is 106 cm³/mol. The van der Waals surface area contributed by atoms with Crippen molar-refractivity contribution in [2.24, 2.45) is 0 Å². The second-order valence-corrected chi connectivity index (χ2v) is 7.06. The van der Waals surface area contributed by atoms with E-state index in [0.717, 1.165) is 31.4 Å². The standard InChI is InChI=1S/C21H26N4O2/c1-14(7-9-22-2)25-21(27)16-6-5-15-10-18(12-17(15)11-16)19-4-3-8-23-20(19)24-13-26/h3-6,8,11,13-14,18,22H,7,9-10,12H2,1-2H3,(H,25,27)(H,23,24,26). The molecule has 2 unspecified atom stereocenters. The third-order valence-corrected chi connectivity index (χ3v) is 5.08. The Kier molecular flexibility index (Phi) is 6.19. The Morgan fingerprint density at radius 1 is 1.30 bits per heavy atom. The van der Waals surface area contributed by atoms with Crippen molar-refractivity contribution in [3.8, 4) is 0 Å². The molecule has 3 N–H and O–H groups in total. The fourth-order valence-corrected chi connectivity index (χ4v) is 3.64. The van der Waals surface area contributed by atoms with E-state index in [1.54, 1.807) is 6.20 Å². The van der Waals surface area contributed by atoms with E-state index in [1.165, 1.54) is 11.1 Å². The zero-order chi connectivity index (χ0) is 19.2. The maximum atomic E-state index is 12.5. The third kappa shape index (κ3) is 4.52. The van der Waals surface area contributed by atoms with Crippen LogP contribution in [0.15, 0.2) is 36.5 Å². The molecule has 27 heavy (non-hydrogen) atoms. The minimum atomic E-state index is -0.0328. The number of hydrogen-bond acceptors (Lipinski definition) is 4. The molecule has 6 heteroatoms. The van der Waals surface area contributed by atoms with Crippen LogP contribution in [0.1, 0.15) is 46.3 Å². The lowest BCUT2D eigenvalue weighted by Crippen LogP contribution is -2.34. The second kappa shape index (κ2) is 8.77. The molecule has 0 fully saturated rings. The summed E-state index contributed by atoms with van der Waals surface area (Å²) in [5, 5.41) is 8.84. The van der Waals surface area contributed by atoms with Gasteiger partial charge in [0.2, 0.25) is 6.41 Å². The van der Waals surface area contributed by atoms with Gasteiger partial charge in [0.1, 0.15) is 5.82 Å². The summed E-state index contributed by atoms with van der Waals surface area (Å²) in [7, 11) is 1.91. The van der Waals surface area contributed by atoms with Crippen LogP contribution in [0, 0.1) is 0 Å². The Bertz CT molecular complexity index is 822. The van der Waals surface area contributed by atoms with Crippen LogP contribution in [0.2, 0.25) is 0 Å². The largest absolute Gasteiger partial charge is 0.350 e. The van der Waals surface area contributed by atoms with Crippen molar-refractivity contribution in [1.82, 2.24) is 15.6 Å². The molecule has 1 aliphatic carbocycles. The second-order valence-electron chi connectivity index (χ2n) is 7.06. The summed E-state index contributed by atoms with van der Waals surface area (Å²) in [5.41, 5.74) is 4.17. The molecule has 0 saturated carbocycles. The Hall–Kier alpha value is -2.73. The lowest BCUT2D eigenvalue weighted by molar-refractivity contribution is -0.105. The summed E-state index contributed by atoms with van der Waals surface area (Å²) in [5.74, 6) is 0.834. The molecule has 1 heterocycles. The molecular weight excluding hydrogens is 340 g/mol. The number of rotatable bonds is 8. The maximum absolute atomic E-state index is 12.5. The molecule has 2 atom stereocenters. The Labute approximate surface area is 159 Å². The highest BCUT2D eigenvalue weighted by Gasteiger charge is 2.26. The quantitative estimate of drug-likeness (QED) is 0.626. The molecule has 1 aromatic heterocycles. The summed E-state index contributed by atoms with van der Waals surface area (Å²) < 4.78 is 0. The van der Waals surface area contributed by atoms with Gasteiger partial charge in [-0.25, -0.2) is 4.98 Å². The van der Waals surface area contributed by atoms with Crippen LogP contribution in [0.4, 0.5) is 5.82 Å². The number of aromatic nitrogens is 1. The summed E-state index contributed by atoms with van der Waals surface area (Å²) in [6.45, 7) is 2.89. The van der Waals surface area contributed by atoms with Gasteiger partial charge in [0.15, 0.2) is 0 Å². The van der Waals surface area contributed by atoms with E-state index < -0.39 is 0 Å². The van der Waals surface area contributed by atoms with Crippen LogP contribution < -0.4 is 16.0 Å². The van der Waals surface area contributed by atoms with Gasteiger partial charge in [-0.05, 0) is 80.6 Å². The average Bonchev–Trinajstić information content (AvgIpc) is 3.10. The number of benzene rings is 1. The van der Waals surface area contributed by atoms with Crippen molar-refractivity contribution < 1.29 is 9.59 Å². The van der Waals surface area contributed by atoms with Gasteiger partial charge in [0.25, 0.3) is 5.91 Å². The summed E-state index contributed by atoms with van der Waals surface area (Å²) >= 11 is 0. The van der Waals surface area contributed by atoms with E-state index in [4.69, 9.17) is 0 Å². The zero-order valence-corrected chi connectivity index (χ0v) is 15.8. The third-order valence-electron chi connectivity index (χ3n) is 5.08. The first kappa shape index (κ1) is 19.0. The number of hydrogen-bond donors (Lipinski definition) is 3. The van der Waals surface area contributed by atoms with Crippen LogP contribution in [-0.4, -0.2) is 36.9 Å². The number of carbonyl (C=O) groups is 2. The highest BCUT2D eigenvalue weighted by atomic mass is 16.1. The van der Waals surface area contributed by atoms with E-state index in [-0.39, 0.29) is 17.9 Å². The summed E-state index contributed by atoms with van der Waals surface area (Å²) in [6.07, 6.45) is 4.95. The molecule has 0 spiro atoms. The van der Waals surface area contributed by atoms with Gasteiger partial charge >= 0.3 is 0 Å². The van der Waals surface area contributed by atoms with Gasteiger partial charge < -0.3 is 16.0 Å². The number of amides is 2. The maximum Gasteiger partial charge on any atom is 0.251 e. The number of anilines is 1. The van der Waals surface area contributed by atoms with Gasteiger partial charge in [0, 0.05) is 17.8 Å². The van der Waals surface area contributed by atoms with Crippen LogP contribution >= 0.6 is 0 Å². The van der Waals surface area contributed by atoms with E-state index >= 15 is 0 Å². The predicted octanol–water partition coefficient (Wildman–Crippen LogP) is 2.26. The number of nitrogens with one attached hydrogen (secondary N) is 3. The first-order chi connectivity index (χ1) is 13.1. The Morgan fingerprint density at radius 3 is 2.89 bits per heavy atom. The fourth-order valence-electron chi connectivity index (χ4n) is 3.64. The lowest BCUT2D eigenvalue weighted by Gasteiger charge is -2.14. The fraction of sp³-hybridized carbons (Fsp3) is 0.381. The minimum absolute atomic E-state index is 0.0328. The van der Waals surface area contributed by atoms with E-state index in [1.807, 2.05) is 44.3 Å². The normalized spacial score (nSPS) is 16.4. The minimum Gasteiger partial charge on any atom is -0.350 e. The van der Waals surface area contributed by atoms with Gasteiger partial charge in [-0.1, -0.05) is 12.1 Å². The zero-order valence-electron chi connectivity index (χ0n) is 15.8. The van der Waals surface area contributed by atoms with Crippen molar-refractivity contribution in [1.29, 1.82) is 0 Å². The van der Waals surface area contributed by atoms with Crippen molar-refractivity contribution in [3.63, 3.8) is 0 Å². The number of nitrogens with zero attached hydrogens (tertiary/aromatic N) is 1. The Balaban J connectivity index is 1.72. The van der Waals surface area contributed by atoms with Gasteiger partial charge in [0.05, 0.1) is 0 Å². The van der Waals surface area contributed by atoms with Gasteiger partial charge in [-0.15, -0.1) is 0 Å². The average molecular weight is 366 g/mol. The van der Waals surface area contributed by atoms with Crippen molar-refractivity contribution in [3.05, 3.63) is 58.8 Å². The molecule has 3 rings (SSSR count). The van der Waals surface area contributed by atoms with Crippen LogP contribution in [-0.2, 0) is 17.6 Å². The molecule has 1 aliphatic rings. The van der Waals surface area contributed by atoms with Crippen molar-refractivity contribution in [2.75, 3.05) is 18.9 Å². The number of carbonyl (C=O) groups excluding carboxylic acids is 2. The Morgan fingerprint density at radius 2 is 2.11 bits per heavy atom. The topological polar surface area (TPSA) is 83.1 Å². The van der Waals surface area contributed by atoms with Crippen molar-refractivity contribution >= 4 is 18.1 Å². The van der Waals surface area contributed by atoms with Crippen molar-refractivity contribution in [2.45, 2.75) is 38.1 Å². The highest BCUT2D eigenvalue weighted by Crippen LogP contribution is 2.36. The molecule has 142 valence electrons. The SMILES string of the molecule is CNCCC(C)NC(=O)c1ccc2c(c1)CC(c1cccnc1NC=O)C2. The molecule has 0 radical (unpaired) electrons. The number of fused-ring (bicyclic) bond motifs is 1. The van der Waals surface area contributed by atoms with E-state index in [2.05, 4.69) is 20.9 Å². The van der Waals surface area contributed by atoms with Gasteiger partial charge in [-0.2, -0.15) is 0 Å². The summed E-state index contributed by atoms with van der Waals surface area (Å²) in [4.78, 5) is 27.6. The van der Waals surface area contributed by atoms with Gasteiger partial charge in [-0.3, -0.25) is 9.59 Å². The van der Waals surface area contributed by atoms with Crippen LogP contribution in [0.5, 0.6) is 0 Å². The molecule has 0 saturated heterocycles. The first-order valence-corrected chi connectivity index (χ1v) is 9.34. The molecular formula is C21H26N4O2. The molecule has 0 bridgehead atoms. The molecule has 1 aromatic carbocycles. The summed E-state index contributed by atoms with van der Waals surface area (Å²) in [6, 6.07) is 9.96. The van der Waals surface area contributed by atoms with Crippen LogP contribution in [0.25, 0.3) is 0 Å². The first-order valence-electron chi connectivity index (χ1n) is 9.34. The van der Waals surface area contributed by atoms with Crippen LogP contribution in [0.3, 0.4) is 0 Å². The highest BCUT2D eigenvalue weighted by molar-refractivity contribution is 5.94. The molecule has 2 amide bonds. The number of pyridine rings is 1. The van der Waals surface area contributed by atoms with E-state index in [0.29, 0.717) is 17.8 Å². The lowest BCUT2D eigenvalue weighted by atomic mass is 9.97. The monoisotopic (exact) mass is 366 g/mol. The smallest absolute Gasteiger partial charge is 0.251 e. The molecule has 6 nitrogen and oxygen atoms in total.